The number of benzene rings is 2. The van der Waals surface area contributed by atoms with Gasteiger partial charge in [0.15, 0.2) is 0 Å². The van der Waals surface area contributed by atoms with Gasteiger partial charge in [0.25, 0.3) is 0 Å². The molecule has 0 radical (unpaired) electrons. The predicted octanol–water partition coefficient (Wildman–Crippen LogP) is 4.89. The number of likely N-dealkylation sites (N-methyl/N-ethyl adjacent to an activating group) is 1. The molecule has 100 valence electrons. The lowest BCUT2D eigenvalue weighted by Crippen LogP contribution is -2.23. The molecule has 3 heteroatoms. The Hall–Kier alpha value is -1.02. The SMILES string of the molecule is CCNC(Cc1cccc(Cl)c1Cl)c1ccccc1. The normalized spacial score (nSPS) is 12.4. The summed E-state index contributed by atoms with van der Waals surface area (Å²) in [6, 6.07) is 16.4. The quantitative estimate of drug-likeness (QED) is 0.828. The molecule has 0 saturated heterocycles. The number of rotatable bonds is 5. The van der Waals surface area contributed by atoms with Crippen molar-refractivity contribution in [2.75, 3.05) is 6.54 Å². The fourth-order valence-corrected chi connectivity index (χ4v) is 2.56. The minimum absolute atomic E-state index is 0.252. The molecule has 2 aromatic carbocycles. The highest BCUT2D eigenvalue weighted by molar-refractivity contribution is 6.42. The molecular weight excluding hydrogens is 277 g/mol. The van der Waals surface area contributed by atoms with Crippen LogP contribution in [-0.2, 0) is 6.42 Å². The minimum Gasteiger partial charge on any atom is -0.310 e. The average molecular weight is 294 g/mol. The second kappa shape index (κ2) is 6.95. The van der Waals surface area contributed by atoms with Crippen LogP contribution in [0.5, 0.6) is 0 Å². The van der Waals surface area contributed by atoms with Crippen LogP contribution in [-0.4, -0.2) is 6.54 Å². The van der Waals surface area contributed by atoms with E-state index in [9.17, 15) is 0 Å². The second-order valence-electron chi connectivity index (χ2n) is 4.44. The smallest absolute Gasteiger partial charge is 0.0624 e. The molecule has 0 amide bonds. The zero-order chi connectivity index (χ0) is 13.7. The highest BCUT2D eigenvalue weighted by atomic mass is 35.5. The van der Waals surface area contributed by atoms with Gasteiger partial charge in [0.05, 0.1) is 10.0 Å². The van der Waals surface area contributed by atoms with E-state index in [1.807, 2.05) is 24.3 Å². The van der Waals surface area contributed by atoms with Crippen LogP contribution < -0.4 is 5.32 Å². The first-order chi connectivity index (χ1) is 9.22. The zero-order valence-electron chi connectivity index (χ0n) is 10.9. The molecule has 0 aliphatic heterocycles. The lowest BCUT2D eigenvalue weighted by atomic mass is 9.99. The number of halogens is 2. The van der Waals surface area contributed by atoms with Gasteiger partial charge in [0.1, 0.15) is 0 Å². The van der Waals surface area contributed by atoms with Gasteiger partial charge in [-0.3, -0.25) is 0 Å². The molecule has 2 rings (SSSR count). The van der Waals surface area contributed by atoms with Gasteiger partial charge in [-0.25, -0.2) is 0 Å². The lowest BCUT2D eigenvalue weighted by Gasteiger charge is -2.19. The van der Waals surface area contributed by atoms with E-state index in [1.54, 1.807) is 0 Å². The highest BCUT2D eigenvalue weighted by Crippen LogP contribution is 2.29. The second-order valence-corrected chi connectivity index (χ2v) is 5.22. The summed E-state index contributed by atoms with van der Waals surface area (Å²) in [5, 5.41) is 4.76. The topological polar surface area (TPSA) is 12.0 Å². The van der Waals surface area contributed by atoms with Crippen LogP contribution >= 0.6 is 23.2 Å². The Morgan fingerprint density at radius 1 is 1.00 bits per heavy atom. The summed E-state index contributed by atoms with van der Waals surface area (Å²) in [5.41, 5.74) is 2.34. The first kappa shape index (κ1) is 14.4. The molecule has 1 unspecified atom stereocenters. The third-order valence-corrected chi connectivity index (χ3v) is 3.97. The number of nitrogens with one attached hydrogen (secondary N) is 1. The molecule has 0 aliphatic rings. The van der Waals surface area contributed by atoms with E-state index in [1.165, 1.54) is 5.56 Å². The van der Waals surface area contributed by atoms with Crippen molar-refractivity contribution in [2.45, 2.75) is 19.4 Å². The van der Waals surface area contributed by atoms with Crippen LogP contribution in [0.1, 0.15) is 24.1 Å². The monoisotopic (exact) mass is 293 g/mol. The lowest BCUT2D eigenvalue weighted by molar-refractivity contribution is 0.550. The molecular formula is C16H17Cl2N. The fraction of sp³-hybridized carbons (Fsp3) is 0.250. The molecule has 2 aromatic rings. The van der Waals surface area contributed by atoms with Crippen LogP contribution in [0.15, 0.2) is 48.5 Å². The van der Waals surface area contributed by atoms with Crippen molar-refractivity contribution in [3.05, 3.63) is 69.7 Å². The Morgan fingerprint density at radius 2 is 1.74 bits per heavy atom. The Labute approximate surface area is 124 Å². The van der Waals surface area contributed by atoms with Crippen molar-refractivity contribution in [1.82, 2.24) is 5.32 Å². The molecule has 0 saturated carbocycles. The van der Waals surface area contributed by atoms with Crippen LogP contribution in [0.2, 0.25) is 10.0 Å². The largest absolute Gasteiger partial charge is 0.310 e. The van der Waals surface area contributed by atoms with Crippen molar-refractivity contribution in [3.63, 3.8) is 0 Å². The van der Waals surface area contributed by atoms with Crippen LogP contribution in [0.4, 0.5) is 0 Å². The summed E-state index contributed by atoms with van der Waals surface area (Å²) < 4.78 is 0. The molecule has 1 nitrogen and oxygen atoms in total. The van der Waals surface area contributed by atoms with E-state index in [4.69, 9.17) is 23.2 Å². The van der Waals surface area contributed by atoms with E-state index in [0.29, 0.717) is 10.0 Å². The number of hydrogen-bond acceptors (Lipinski definition) is 1. The maximum Gasteiger partial charge on any atom is 0.0624 e. The van der Waals surface area contributed by atoms with Gasteiger partial charge in [0.2, 0.25) is 0 Å². The van der Waals surface area contributed by atoms with Crippen molar-refractivity contribution in [1.29, 1.82) is 0 Å². The molecule has 0 aromatic heterocycles. The molecule has 1 N–H and O–H groups in total. The minimum atomic E-state index is 0.252. The van der Waals surface area contributed by atoms with Crippen molar-refractivity contribution in [3.8, 4) is 0 Å². The van der Waals surface area contributed by atoms with Gasteiger partial charge < -0.3 is 5.32 Å². The summed E-state index contributed by atoms with van der Waals surface area (Å²) >= 11 is 12.3. The van der Waals surface area contributed by atoms with E-state index >= 15 is 0 Å². The van der Waals surface area contributed by atoms with Gasteiger partial charge in [0, 0.05) is 6.04 Å². The molecule has 0 fully saturated rings. The maximum atomic E-state index is 6.27. The van der Waals surface area contributed by atoms with E-state index in [0.717, 1.165) is 18.5 Å². The first-order valence-corrected chi connectivity index (χ1v) is 7.19. The summed E-state index contributed by atoms with van der Waals surface area (Å²) in [6.07, 6.45) is 0.831. The Balaban J connectivity index is 2.24. The van der Waals surface area contributed by atoms with Crippen molar-refractivity contribution < 1.29 is 0 Å². The van der Waals surface area contributed by atoms with Gasteiger partial charge in [-0.05, 0) is 30.2 Å². The maximum absolute atomic E-state index is 6.27. The Morgan fingerprint density at radius 3 is 2.42 bits per heavy atom. The molecule has 1 atom stereocenters. The Kier molecular flexibility index (Phi) is 5.26. The average Bonchev–Trinajstić information content (AvgIpc) is 2.44. The molecule has 0 spiro atoms. The molecule has 19 heavy (non-hydrogen) atoms. The van der Waals surface area contributed by atoms with Crippen molar-refractivity contribution in [2.24, 2.45) is 0 Å². The summed E-state index contributed by atoms with van der Waals surface area (Å²) in [6.45, 7) is 3.02. The fourth-order valence-electron chi connectivity index (χ4n) is 2.17. The van der Waals surface area contributed by atoms with Gasteiger partial charge >= 0.3 is 0 Å². The van der Waals surface area contributed by atoms with Crippen LogP contribution in [0, 0.1) is 0 Å². The molecule has 0 aliphatic carbocycles. The third kappa shape index (κ3) is 3.73. The predicted molar refractivity (Wildman–Crippen MR) is 83.0 cm³/mol. The standard InChI is InChI=1S/C16H17Cl2N/c1-2-19-15(12-7-4-3-5-8-12)11-13-9-6-10-14(17)16(13)18/h3-10,15,19H,2,11H2,1H3. The third-order valence-electron chi connectivity index (χ3n) is 3.11. The zero-order valence-corrected chi connectivity index (χ0v) is 12.4. The van der Waals surface area contributed by atoms with Crippen molar-refractivity contribution >= 4 is 23.2 Å². The first-order valence-electron chi connectivity index (χ1n) is 6.43. The summed E-state index contributed by atoms with van der Waals surface area (Å²) in [7, 11) is 0. The summed E-state index contributed by atoms with van der Waals surface area (Å²) in [4.78, 5) is 0. The van der Waals surface area contributed by atoms with E-state index < -0.39 is 0 Å². The van der Waals surface area contributed by atoms with Gasteiger partial charge in [-0.1, -0.05) is 72.6 Å². The van der Waals surface area contributed by atoms with Crippen LogP contribution in [0.25, 0.3) is 0 Å². The molecule has 0 heterocycles. The van der Waals surface area contributed by atoms with E-state index in [2.05, 4.69) is 36.5 Å². The molecule has 0 bridgehead atoms. The van der Waals surface area contributed by atoms with E-state index in [-0.39, 0.29) is 6.04 Å². The summed E-state index contributed by atoms with van der Waals surface area (Å²) in [5.74, 6) is 0. The van der Waals surface area contributed by atoms with Gasteiger partial charge in [-0.15, -0.1) is 0 Å². The van der Waals surface area contributed by atoms with Crippen LogP contribution in [0.3, 0.4) is 0 Å². The highest BCUT2D eigenvalue weighted by Gasteiger charge is 2.13. The Bertz CT molecular complexity index is 526. The van der Waals surface area contributed by atoms with Gasteiger partial charge in [-0.2, -0.15) is 0 Å². The number of hydrogen-bond donors (Lipinski definition) is 1.